The van der Waals surface area contributed by atoms with Crippen LogP contribution in [0.15, 0.2) is 29.0 Å². The van der Waals surface area contributed by atoms with Gasteiger partial charge in [0, 0.05) is 18.8 Å². The third-order valence-corrected chi connectivity index (χ3v) is 2.23. The van der Waals surface area contributed by atoms with E-state index in [9.17, 15) is 4.79 Å². The maximum Gasteiger partial charge on any atom is 0.272 e. The van der Waals surface area contributed by atoms with Crippen molar-refractivity contribution in [2.75, 3.05) is 0 Å². The monoisotopic (exact) mass is 219 g/mol. The summed E-state index contributed by atoms with van der Waals surface area (Å²) in [5.74, 6) is 0.538. The SMILES string of the molecule is Cc1cn(C)nc1C(=O)NCc1ccco1. The Bertz CT molecular complexity index is 485. The minimum absolute atomic E-state index is 0.186. The molecule has 16 heavy (non-hydrogen) atoms. The second-order valence-electron chi connectivity index (χ2n) is 3.60. The highest BCUT2D eigenvalue weighted by Gasteiger charge is 2.12. The van der Waals surface area contributed by atoms with Gasteiger partial charge in [0.2, 0.25) is 0 Å². The molecule has 0 aromatic carbocycles. The van der Waals surface area contributed by atoms with Gasteiger partial charge in [0.25, 0.3) is 5.91 Å². The van der Waals surface area contributed by atoms with Crippen molar-refractivity contribution in [3.8, 4) is 0 Å². The van der Waals surface area contributed by atoms with E-state index in [4.69, 9.17) is 4.42 Å². The predicted octanol–water partition coefficient (Wildman–Crippen LogP) is 1.25. The molecule has 0 aliphatic rings. The second kappa shape index (κ2) is 4.22. The van der Waals surface area contributed by atoms with Crippen molar-refractivity contribution in [2.45, 2.75) is 13.5 Å². The number of furan rings is 1. The largest absolute Gasteiger partial charge is 0.467 e. The van der Waals surface area contributed by atoms with Crippen molar-refractivity contribution >= 4 is 5.91 Å². The molecule has 84 valence electrons. The van der Waals surface area contributed by atoms with Crippen LogP contribution in [0.4, 0.5) is 0 Å². The standard InChI is InChI=1S/C11H13N3O2/c1-8-7-14(2)13-10(8)11(15)12-6-9-4-3-5-16-9/h3-5,7H,6H2,1-2H3,(H,12,15). The molecule has 0 spiro atoms. The van der Waals surface area contributed by atoms with Gasteiger partial charge in [-0.3, -0.25) is 9.48 Å². The molecular formula is C11H13N3O2. The van der Waals surface area contributed by atoms with Crippen LogP contribution < -0.4 is 5.32 Å². The topological polar surface area (TPSA) is 60.1 Å². The summed E-state index contributed by atoms with van der Waals surface area (Å²) < 4.78 is 6.74. The van der Waals surface area contributed by atoms with E-state index in [-0.39, 0.29) is 5.91 Å². The van der Waals surface area contributed by atoms with Crippen LogP contribution in [0.3, 0.4) is 0 Å². The first-order valence-corrected chi connectivity index (χ1v) is 4.97. The quantitative estimate of drug-likeness (QED) is 0.845. The molecule has 5 heteroatoms. The van der Waals surface area contributed by atoms with E-state index in [1.54, 1.807) is 24.1 Å². The van der Waals surface area contributed by atoms with Crippen LogP contribution >= 0.6 is 0 Å². The van der Waals surface area contributed by atoms with E-state index in [1.165, 1.54) is 0 Å². The molecule has 2 rings (SSSR count). The maximum absolute atomic E-state index is 11.7. The molecular weight excluding hydrogens is 206 g/mol. The number of carbonyl (C=O) groups excluding carboxylic acids is 1. The third kappa shape index (κ3) is 2.13. The zero-order valence-corrected chi connectivity index (χ0v) is 9.23. The molecule has 0 saturated carbocycles. The molecule has 5 nitrogen and oxygen atoms in total. The highest BCUT2D eigenvalue weighted by Crippen LogP contribution is 2.05. The predicted molar refractivity (Wildman–Crippen MR) is 57.8 cm³/mol. The summed E-state index contributed by atoms with van der Waals surface area (Å²) in [4.78, 5) is 11.7. The van der Waals surface area contributed by atoms with Gasteiger partial charge in [-0.1, -0.05) is 0 Å². The van der Waals surface area contributed by atoms with Crippen LogP contribution in [0.2, 0.25) is 0 Å². The van der Waals surface area contributed by atoms with E-state index in [1.807, 2.05) is 19.2 Å². The van der Waals surface area contributed by atoms with Gasteiger partial charge in [-0.05, 0) is 19.1 Å². The van der Waals surface area contributed by atoms with Gasteiger partial charge in [-0.25, -0.2) is 0 Å². The smallest absolute Gasteiger partial charge is 0.272 e. The fourth-order valence-corrected chi connectivity index (χ4v) is 1.50. The molecule has 0 unspecified atom stereocenters. The summed E-state index contributed by atoms with van der Waals surface area (Å²) in [5, 5.41) is 6.83. The van der Waals surface area contributed by atoms with E-state index >= 15 is 0 Å². The van der Waals surface area contributed by atoms with Gasteiger partial charge in [0.1, 0.15) is 5.76 Å². The molecule has 2 aromatic heterocycles. The molecule has 2 heterocycles. The first kappa shape index (κ1) is 10.5. The maximum atomic E-state index is 11.7. The van der Waals surface area contributed by atoms with Crippen molar-refractivity contribution in [3.05, 3.63) is 41.6 Å². The van der Waals surface area contributed by atoms with Gasteiger partial charge in [0.05, 0.1) is 12.8 Å². The molecule has 0 fully saturated rings. The molecule has 1 amide bonds. The Hall–Kier alpha value is -2.04. The molecule has 0 atom stereocenters. The Balaban J connectivity index is 2.01. The first-order chi connectivity index (χ1) is 7.66. The fourth-order valence-electron chi connectivity index (χ4n) is 1.50. The number of amides is 1. The Kier molecular flexibility index (Phi) is 2.76. The Morgan fingerprint density at radius 2 is 2.44 bits per heavy atom. The van der Waals surface area contributed by atoms with E-state index in [2.05, 4.69) is 10.4 Å². The number of aromatic nitrogens is 2. The van der Waals surface area contributed by atoms with Crippen molar-refractivity contribution in [2.24, 2.45) is 7.05 Å². The van der Waals surface area contributed by atoms with Gasteiger partial charge in [0.15, 0.2) is 5.69 Å². The summed E-state index contributed by atoms with van der Waals surface area (Å²) in [7, 11) is 1.79. The molecule has 0 aliphatic heterocycles. The lowest BCUT2D eigenvalue weighted by Crippen LogP contribution is -2.23. The summed E-state index contributed by atoms with van der Waals surface area (Å²) in [6.07, 6.45) is 3.38. The fraction of sp³-hybridized carbons (Fsp3) is 0.273. The van der Waals surface area contributed by atoms with E-state index < -0.39 is 0 Å². The first-order valence-electron chi connectivity index (χ1n) is 4.97. The summed E-state index contributed by atoms with van der Waals surface area (Å²) in [6.45, 7) is 2.23. The average molecular weight is 219 g/mol. The number of nitrogens with zero attached hydrogens (tertiary/aromatic N) is 2. The minimum Gasteiger partial charge on any atom is -0.467 e. The van der Waals surface area contributed by atoms with E-state index in [0.29, 0.717) is 12.2 Å². The molecule has 2 aromatic rings. The average Bonchev–Trinajstić information content (AvgIpc) is 2.84. The minimum atomic E-state index is -0.186. The van der Waals surface area contributed by atoms with Crippen molar-refractivity contribution < 1.29 is 9.21 Å². The summed E-state index contributed by atoms with van der Waals surface area (Å²) in [5.41, 5.74) is 1.31. The number of nitrogens with one attached hydrogen (secondary N) is 1. The molecule has 0 saturated heterocycles. The molecule has 0 radical (unpaired) electrons. The number of aryl methyl sites for hydroxylation is 2. The Morgan fingerprint density at radius 1 is 1.62 bits per heavy atom. The number of hydrogen-bond acceptors (Lipinski definition) is 3. The lowest BCUT2D eigenvalue weighted by molar-refractivity contribution is 0.0941. The normalized spacial score (nSPS) is 10.4. The third-order valence-electron chi connectivity index (χ3n) is 2.23. The Labute approximate surface area is 93.1 Å². The van der Waals surface area contributed by atoms with Crippen molar-refractivity contribution in [1.29, 1.82) is 0 Å². The van der Waals surface area contributed by atoms with Gasteiger partial charge in [-0.2, -0.15) is 5.10 Å². The Morgan fingerprint density at radius 3 is 3.00 bits per heavy atom. The van der Waals surface area contributed by atoms with Crippen LogP contribution in [0, 0.1) is 6.92 Å². The van der Waals surface area contributed by atoms with E-state index in [0.717, 1.165) is 11.3 Å². The van der Waals surface area contributed by atoms with Gasteiger partial charge >= 0.3 is 0 Å². The van der Waals surface area contributed by atoms with Gasteiger partial charge < -0.3 is 9.73 Å². The molecule has 0 bridgehead atoms. The zero-order chi connectivity index (χ0) is 11.5. The molecule has 1 N–H and O–H groups in total. The number of rotatable bonds is 3. The lowest BCUT2D eigenvalue weighted by Gasteiger charge is -2.00. The van der Waals surface area contributed by atoms with Crippen LogP contribution in [-0.2, 0) is 13.6 Å². The lowest BCUT2D eigenvalue weighted by atomic mass is 10.2. The number of hydrogen-bond donors (Lipinski definition) is 1. The van der Waals surface area contributed by atoms with Crippen LogP contribution in [0.5, 0.6) is 0 Å². The van der Waals surface area contributed by atoms with Crippen LogP contribution in [0.25, 0.3) is 0 Å². The number of carbonyl (C=O) groups is 1. The van der Waals surface area contributed by atoms with Gasteiger partial charge in [-0.15, -0.1) is 0 Å². The van der Waals surface area contributed by atoms with Crippen molar-refractivity contribution in [1.82, 2.24) is 15.1 Å². The second-order valence-corrected chi connectivity index (χ2v) is 3.60. The highest BCUT2D eigenvalue weighted by atomic mass is 16.3. The van der Waals surface area contributed by atoms with Crippen LogP contribution in [-0.4, -0.2) is 15.7 Å². The van der Waals surface area contributed by atoms with Crippen LogP contribution in [0.1, 0.15) is 21.8 Å². The summed E-state index contributed by atoms with van der Waals surface area (Å²) >= 11 is 0. The molecule has 0 aliphatic carbocycles. The van der Waals surface area contributed by atoms with Crippen molar-refractivity contribution in [3.63, 3.8) is 0 Å². The summed E-state index contributed by atoms with van der Waals surface area (Å²) in [6, 6.07) is 3.60. The highest BCUT2D eigenvalue weighted by molar-refractivity contribution is 5.93. The zero-order valence-electron chi connectivity index (χ0n) is 9.23.